The Morgan fingerprint density at radius 1 is 1.05 bits per heavy atom. The average molecular weight is 575 g/mol. The van der Waals surface area contributed by atoms with Crippen molar-refractivity contribution in [2.75, 3.05) is 37.0 Å². The molecule has 0 radical (unpaired) electrons. The fourth-order valence-electron chi connectivity index (χ4n) is 7.22. The summed E-state index contributed by atoms with van der Waals surface area (Å²) in [5.74, 6) is 0.704. The minimum absolute atomic E-state index is 0.222. The van der Waals surface area contributed by atoms with Crippen LogP contribution in [0, 0.1) is 12.7 Å². The highest BCUT2D eigenvalue weighted by molar-refractivity contribution is 6.01. The number of nitrogens with one attached hydrogen (secondary N) is 1. The quantitative estimate of drug-likeness (QED) is 0.389. The van der Waals surface area contributed by atoms with Crippen LogP contribution in [0.4, 0.5) is 25.4 Å². The standard InChI is InChI=1S/C32H39FN6O3/c1-22-34-29-21-36(32(41)42-2)18-15-30(29)39(22)28-19-26-13-14-27(20-28)37(26)16-6-17-38(25-7-4-3-5-8-25)31(40)35-24-11-9-23(33)10-12-24/h3-5,7-12,26-28H,6,13-21H2,1-2H3,(H,35,40)/t26-,27+,28-. The van der Waals surface area contributed by atoms with Crippen LogP contribution in [0.15, 0.2) is 54.6 Å². The zero-order chi connectivity index (χ0) is 29.2. The maximum absolute atomic E-state index is 13.4. The number of amides is 3. The van der Waals surface area contributed by atoms with Crippen molar-refractivity contribution in [3.05, 3.63) is 77.6 Å². The topological polar surface area (TPSA) is 82.9 Å². The van der Waals surface area contributed by atoms with Crippen molar-refractivity contribution < 1.29 is 18.7 Å². The number of aromatic nitrogens is 2. The van der Waals surface area contributed by atoms with Crippen molar-refractivity contribution in [1.29, 1.82) is 0 Å². The lowest BCUT2D eigenvalue weighted by atomic mass is 9.95. The number of halogens is 1. The van der Waals surface area contributed by atoms with Crippen molar-refractivity contribution >= 4 is 23.5 Å². The van der Waals surface area contributed by atoms with Gasteiger partial charge in [0.2, 0.25) is 0 Å². The molecule has 9 nitrogen and oxygen atoms in total. The van der Waals surface area contributed by atoms with Gasteiger partial charge in [0.25, 0.3) is 0 Å². The number of piperidine rings is 1. The van der Waals surface area contributed by atoms with Crippen LogP contribution in [0.1, 0.15) is 55.4 Å². The van der Waals surface area contributed by atoms with E-state index in [0.29, 0.717) is 43.4 Å². The van der Waals surface area contributed by atoms with E-state index in [1.165, 1.54) is 37.8 Å². The SMILES string of the molecule is COC(=O)N1CCc2c(nc(C)n2[C@@H]2C[C@H]3CC[C@@H](C2)N3CCCN(C(=O)Nc2ccc(F)cc2)c2ccccc2)C1. The fourth-order valence-corrected chi connectivity index (χ4v) is 7.22. The minimum Gasteiger partial charge on any atom is -0.453 e. The molecule has 0 unspecified atom stereocenters. The summed E-state index contributed by atoms with van der Waals surface area (Å²) in [5, 5.41) is 2.92. The van der Waals surface area contributed by atoms with Crippen molar-refractivity contribution in [2.45, 2.75) is 70.1 Å². The van der Waals surface area contributed by atoms with Gasteiger partial charge in [0.05, 0.1) is 19.3 Å². The van der Waals surface area contributed by atoms with E-state index in [-0.39, 0.29) is 17.9 Å². The van der Waals surface area contributed by atoms with Gasteiger partial charge in [0.15, 0.2) is 0 Å². The monoisotopic (exact) mass is 574 g/mol. The highest BCUT2D eigenvalue weighted by Crippen LogP contribution is 2.42. The summed E-state index contributed by atoms with van der Waals surface area (Å²) in [5.41, 5.74) is 3.68. The Bertz CT molecular complexity index is 1400. The highest BCUT2D eigenvalue weighted by Gasteiger charge is 2.42. The molecule has 1 N–H and O–H groups in total. The van der Waals surface area contributed by atoms with E-state index in [2.05, 4.69) is 21.7 Å². The number of fused-ring (bicyclic) bond motifs is 3. The second kappa shape index (κ2) is 12.1. The second-order valence-corrected chi connectivity index (χ2v) is 11.6. The first-order valence-corrected chi connectivity index (χ1v) is 15.0. The summed E-state index contributed by atoms with van der Waals surface area (Å²) in [6.07, 6.45) is 5.93. The van der Waals surface area contributed by atoms with Crippen LogP contribution >= 0.6 is 0 Å². The van der Waals surface area contributed by atoms with Crippen molar-refractivity contribution in [3.63, 3.8) is 0 Å². The Morgan fingerprint density at radius 2 is 1.76 bits per heavy atom. The van der Waals surface area contributed by atoms with Crippen molar-refractivity contribution in [1.82, 2.24) is 19.4 Å². The van der Waals surface area contributed by atoms with Gasteiger partial charge in [-0.2, -0.15) is 0 Å². The van der Waals surface area contributed by atoms with Crippen LogP contribution in [0.5, 0.6) is 0 Å². The third kappa shape index (κ3) is 5.72. The van der Waals surface area contributed by atoms with Crippen molar-refractivity contribution in [3.8, 4) is 0 Å². The third-order valence-electron chi connectivity index (χ3n) is 9.09. The maximum Gasteiger partial charge on any atom is 0.409 e. The molecular weight excluding hydrogens is 535 g/mol. The lowest BCUT2D eigenvalue weighted by Gasteiger charge is -2.41. The molecule has 1 aromatic heterocycles. The van der Waals surface area contributed by atoms with E-state index in [9.17, 15) is 14.0 Å². The maximum atomic E-state index is 13.4. The molecule has 3 aliphatic heterocycles. The Hall–Kier alpha value is -3.92. The van der Waals surface area contributed by atoms with Gasteiger partial charge >= 0.3 is 12.1 Å². The molecule has 2 fully saturated rings. The van der Waals surface area contributed by atoms with Crippen molar-refractivity contribution in [2.24, 2.45) is 0 Å². The number of rotatable bonds is 7. The van der Waals surface area contributed by atoms with E-state index in [1.807, 2.05) is 30.3 Å². The molecule has 4 heterocycles. The average Bonchev–Trinajstić information content (AvgIpc) is 3.45. The van der Waals surface area contributed by atoms with Gasteiger partial charge in [0.1, 0.15) is 11.6 Å². The molecule has 2 bridgehead atoms. The number of hydrogen-bond donors (Lipinski definition) is 1. The number of hydrogen-bond acceptors (Lipinski definition) is 5. The van der Waals surface area contributed by atoms with E-state index < -0.39 is 0 Å². The fraction of sp³-hybridized carbons (Fsp3) is 0.469. The Labute approximate surface area is 246 Å². The van der Waals surface area contributed by atoms with Crippen LogP contribution in [0.2, 0.25) is 0 Å². The number of nitrogens with zero attached hydrogens (tertiary/aromatic N) is 5. The summed E-state index contributed by atoms with van der Waals surface area (Å²) in [7, 11) is 1.42. The zero-order valence-electron chi connectivity index (χ0n) is 24.3. The van der Waals surface area contributed by atoms with Gasteiger partial charge in [-0.25, -0.2) is 19.0 Å². The lowest BCUT2D eigenvalue weighted by Crippen LogP contribution is -2.45. The van der Waals surface area contributed by atoms with Crippen LogP contribution in [-0.2, 0) is 17.7 Å². The summed E-state index contributed by atoms with van der Waals surface area (Å²) >= 11 is 0. The minimum atomic E-state index is -0.334. The molecule has 42 heavy (non-hydrogen) atoms. The van der Waals surface area contributed by atoms with Gasteiger partial charge < -0.3 is 19.5 Å². The number of aryl methyl sites for hydroxylation is 1. The largest absolute Gasteiger partial charge is 0.453 e. The number of carbonyl (C=O) groups excluding carboxylic acids is 2. The molecule has 2 aromatic carbocycles. The van der Waals surface area contributed by atoms with Crippen LogP contribution in [0.25, 0.3) is 0 Å². The molecule has 0 saturated carbocycles. The number of para-hydroxylation sites is 1. The molecule has 3 amide bonds. The number of methoxy groups -OCH3 is 1. The number of carbonyl (C=O) groups is 2. The van der Waals surface area contributed by atoms with E-state index in [4.69, 9.17) is 9.72 Å². The molecule has 6 rings (SSSR count). The van der Waals surface area contributed by atoms with Crippen LogP contribution in [-0.4, -0.2) is 70.3 Å². The second-order valence-electron chi connectivity index (χ2n) is 11.6. The molecule has 3 aliphatic rings. The first-order chi connectivity index (χ1) is 20.4. The third-order valence-corrected chi connectivity index (χ3v) is 9.09. The molecular formula is C32H39FN6O3. The smallest absolute Gasteiger partial charge is 0.409 e. The summed E-state index contributed by atoms with van der Waals surface area (Å²) < 4.78 is 20.8. The van der Waals surface area contributed by atoms with Gasteiger partial charge in [-0.1, -0.05) is 18.2 Å². The van der Waals surface area contributed by atoms with Gasteiger partial charge in [-0.3, -0.25) is 9.80 Å². The molecule has 3 atom stereocenters. The predicted molar refractivity (Wildman–Crippen MR) is 159 cm³/mol. The zero-order valence-corrected chi connectivity index (χ0v) is 24.3. The normalized spacial score (nSPS) is 21.6. The Morgan fingerprint density at radius 3 is 2.45 bits per heavy atom. The number of anilines is 2. The van der Waals surface area contributed by atoms with E-state index >= 15 is 0 Å². The first kappa shape index (κ1) is 28.2. The van der Waals surface area contributed by atoms with E-state index in [1.54, 1.807) is 21.9 Å². The lowest BCUT2D eigenvalue weighted by molar-refractivity contribution is 0.103. The summed E-state index contributed by atoms with van der Waals surface area (Å²) in [6, 6.07) is 16.8. The number of imidazole rings is 1. The summed E-state index contributed by atoms with van der Waals surface area (Å²) in [4.78, 5) is 36.4. The summed E-state index contributed by atoms with van der Waals surface area (Å²) in [6.45, 7) is 4.77. The first-order valence-electron chi connectivity index (χ1n) is 15.0. The Kier molecular flexibility index (Phi) is 8.15. The molecule has 2 saturated heterocycles. The molecule has 0 spiro atoms. The van der Waals surface area contributed by atoms with Crippen LogP contribution in [0.3, 0.4) is 0 Å². The molecule has 3 aromatic rings. The molecule has 0 aliphatic carbocycles. The van der Waals surface area contributed by atoms with Gasteiger partial charge in [-0.05, 0) is 75.4 Å². The van der Waals surface area contributed by atoms with E-state index in [0.717, 1.165) is 49.4 Å². The molecule has 222 valence electrons. The molecule has 10 heteroatoms. The number of benzene rings is 2. The van der Waals surface area contributed by atoms with Gasteiger partial charge in [-0.15, -0.1) is 0 Å². The number of urea groups is 1. The highest BCUT2D eigenvalue weighted by atomic mass is 19.1. The van der Waals surface area contributed by atoms with Gasteiger partial charge in [0, 0.05) is 61.2 Å². The Balaban J connectivity index is 1.09. The van der Waals surface area contributed by atoms with Crippen LogP contribution < -0.4 is 10.2 Å². The number of ether oxygens (including phenoxy) is 1. The predicted octanol–water partition coefficient (Wildman–Crippen LogP) is 5.75.